The number of fused-ring (bicyclic) bond motifs is 1. The fraction of sp³-hybridized carbons (Fsp3) is 0.278. The van der Waals surface area contributed by atoms with Gasteiger partial charge in [-0.1, -0.05) is 30.3 Å². The Labute approximate surface area is 145 Å². The lowest BCUT2D eigenvalue weighted by Crippen LogP contribution is -2.38. The zero-order valence-electron chi connectivity index (χ0n) is 13.7. The highest BCUT2D eigenvalue weighted by molar-refractivity contribution is 5.93. The maximum absolute atomic E-state index is 12.7. The van der Waals surface area contributed by atoms with Gasteiger partial charge in [-0.05, 0) is 11.6 Å². The summed E-state index contributed by atoms with van der Waals surface area (Å²) in [5.41, 5.74) is 3.31. The van der Waals surface area contributed by atoms with Gasteiger partial charge < -0.3 is 10.0 Å². The van der Waals surface area contributed by atoms with Crippen molar-refractivity contribution in [3.63, 3.8) is 0 Å². The lowest BCUT2D eigenvalue weighted by atomic mass is 10.2. The van der Waals surface area contributed by atoms with Crippen LogP contribution in [-0.2, 0) is 26.2 Å². The average molecular weight is 337 g/mol. The zero-order valence-corrected chi connectivity index (χ0v) is 13.7. The molecule has 3 heterocycles. The first-order valence-corrected chi connectivity index (χ1v) is 8.25. The molecule has 0 bridgehead atoms. The van der Waals surface area contributed by atoms with Gasteiger partial charge in [0, 0.05) is 12.7 Å². The summed E-state index contributed by atoms with van der Waals surface area (Å²) in [4.78, 5) is 14.5. The van der Waals surface area contributed by atoms with Crippen LogP contribution in [0.3, 0.4) is 0 Å². The second kappa shape index (κ2) is 6.52. The number of carbonyl (C=O) groups excluding carboxylic acids is 1. The van der Waals surface area contributed by atoms with Crippen molar-refractivity contribution < 1.29 is 9.90 Å². The van der Waals surface area contributed by atoms with Crippen LogP contribution in [-0.4, -0.2) is 42.0 Å². The Balaban J connectivity index is 1.46. The van der Waals surface area contributed by atoms with Gasteiger partial charge in [0.1, 0.15) is 0 Å². The Morgan fingerprint density at radius 3 is 2.84 bits per heavy atom. The number of hydrogen-bond donors (Lipinski definition) is 1. The van der Waals surface area contributed by atoms with Gasteiger partial charge in [-0.3, -0.25) is 14.2 Å². The minimum atomic E-state index is -0.0831. The Morgan fingerprint density at radius 2 is 2.04 bits per heavy atom. The van der Waals surface area contributed by atoms with E-state index in [9.17, 15) is 9.90 Å². The van der Waals surface area contributed by atoms with E-state index in [0.717, 1.165) is 11.3 Å². The molecular weight excluding hydrogens is 318 g/mol. The molecule has 0 spiro atoms. The number of hydrogen-bond acceptors (Lipinski definition) is 4. The van der Waals surface area contributed by atoms with Crippen molar-refractivity contribution >= 4 is 5.91 Å². The maximum Gasteiger partial charge on any atom is 0.257 e. The number of aliphatic hydroxyl groups is 1. The zero-order chi connectivity index (χ0) is 17.2. The van der Waals surface area contributed by atoms with Crippen LogP contribution in [0, 0.1) is 0 Å². The van der Waals surface area contributed by atoms with Gasteiger partial charge in [-0.25, -0.2) is 0 Å². The van der Waals surface area contributed by atoms with E-state index in [2.05, 4.69) is 10.2 Å². The number of nitrogens with zero attached hydrogens (tertiary/aromatic N) is 5. The molecule has 0 fully saturated rings. The first-order chi connectivity index (χ1) is 12.2. The summed E-state index contributed by atoms with van der Waals surface area (Å²) in [5, 5.41) is 17.8. The summed E-state index contributed by atoms with van der Waals surface area (Å²) >= 11 is 0. The third kappa shape index (κ3) is 3.18. The van der Waals surface area contributed by atoms with Gasteiger partial charge in [-0.15, -0.1) is 0 Å². The van der Waals surface area contributed by atoms with E-state index in [1.165, 1.54) is 0 Å². The Kier molecular flexibility index (Phi) is 4.07. The van der Waals surface area contributed by atoms with E-state index in [1.807, 2.05) is 41.1 Å². The van der Waals surface area contributed by atoms with Crippen LogP contribution >= 0.6 is 0 Å². The minimum absolute atomic E-state index is 0.0303. The van der Waals surface area contributed by atoms with E-state index < -0.39 is 0 Å². The molecule has 0 radical (unpaired) electrons. The third-order valence-electron chi connectivity index (χ3n) is 4.37. The smallest absolute Gasteiger partial charge is 0.257 e. The van der Waals surface area contributed by atoms with Crippen LogP contribution < -0.4 is 0 Å². The number of aromatic nitrogens is 4. The van der Waals surface area contributed by atoms with Crippen LogP contribution in [0.4, 0.5) is 0 Å². The molecule has 0 atom stereocenters. The first-order valence-electron chi connectivity index (χ1n) is 8.25. The first kappa shape index (κ1) is 15.6. The molecule has 1 amide bonds. The van der Waals surface area contributed by atoms with E-state index >= 15 is 0 Å². The molecular formula is C18H19N5O2. The highest BCUT2D eigenvalue weighted by atomic mass is 16.3. The predicted molar refractivity (Wildman–Crippen MR) is 90.7 cm³/mol. The highest BCUT2D eigenvalue weighted by Gasteiger charge is 2.24. The van der Waals surface area contributed by atoms with E-state index in [4.69, 9.17) is 0 Å². The van der Waals surface area contributed by atoms with Crippen molar-refractivity contribution in [2.75, 3.05) is 6.54 Å². The summed E-state index contributed by atoms with van der Waals surface area (Å²) < 4.78 is 3.63. The molecule has 4 rings (SSSR count). The molecule has 128 valence electrons. The van der Waals surface area contributed by atoms with Gasteiger partial charge in [0.05, 0.1) is 49.4 Å². The summed E-state index contributed by atoms with van der Waals surface area (Å²) in [6.07, 6.45) is 3.41. The molecule has 7 nitrogen and oxygen atoms in total. The van der Waals surface area contributed by atoms with E-state index in [-0.39, 0.29) is 12.5 Å². The molecule has 1 N–H and O–H groups in total. The van der Waals surface area contributed by atoms with Crippen molar-refractivity contribution in [1.29, 1.82) is 0 Å². The molecule has 1 aliphatic rings. The van der Waals surface area contributed by atoms with E-state index in [0.29, 0.717) is 37.4 Å². The molecule has 1 aromatic carbocycles. The molecule has 0 saturated heterocycles. The van der Waals surface area contributed by atoms with Crippen molar-refractivity contribution in [3.8, 4) is 0 Å². The van der Waals surface area contributed by atoms with Crippen molar-refractivity contribution in [3.05, 3.63) is 71.3 Å². The van der Waals surface area contributed by atoms with Crippen molar-refractivity contribution in [2.45, 2.75) is 26.2 Å². The van der Waals surface area contributed by atoms with Gasteiger partial charge >= 0.3 is 0 Å². The molecule has 7 heteroatoms. The van der Waals surface area contributed by atoms with Crippen LogP contribution in [0.15, 0.2) is 48.8 Å². The summed E-state index contributed by atoms with van der Waals surface area (Å²) in [6.45, 7) is 2.29. The largest absolute Gasteiger partial charge is 0.390 e. The molecule has 0 saturated carbocycles. The standard InChI is InChI=1S/C18H19N5O2/c24-13-16-8-17-12-21(6-7-23(17)20-16)18(25)15-9-19-22(11-15)10-14-4-2-1-3-5-14/h1-5,8-9,11,24H,6-7,10,12-13H2. The third-order valence-corrected chi connectivity index (χ3v) is 4.37. The molecule has 0 unspecified atom stereocenters. The molecule has 2 aromatic heterocycles. The lowest BCUT2D eigenvalue weighted by Gasteiger charge is -2.27. The summed E-state index contributed by atoms with van der Waals surface area (Å²) in [6, 6.07) is 11.9. The minimum Gasteiger partial charge on any atom is -0.390 e. The Bertz CT molecular complexity index is 884. The molecule has 1 aliphatic heterocycles. The predicted octanol–water partition coefficient (Wildman–Crippen LogP) is 1.28. The van der Waals surface area contributed by atoms with Gasteiger partial charge in [0.2, 0.25) is 0 Å². The molecule has 0 aliphatic carbocycles. The van der Waals surface area contributed by atoms with Gasteiger partial charge in [0.25, 0.3) is 5.91 Å². The van der Waals surface area contributed by atoms with E-state index in [1.54, 1.807) is 22.0 Å². The average Bonchev–Trinajstić information content (AvgIpc) is 3.27. The number of carbonyl (C=O) groups is 1. The quantitative estimate of drug-likeness (QED) is 0.778. The van der Waals surface area contributed by atoms with Crippen LogP contribution in [0.25, 0.3) is 0 Å². The van der Waals surface area contributed by atoms with Crippen LogP contribution in [0.1, 0.15) is 27.3 Å². The monoisotopic (exact) mass is 337 g/mol. The fourth-order valence-corrected chi connectivity index (χ4v) is 3.09. The summed E-state index contributed by atoms with van der Waals surface area (Å²) in [7, 11) is 0. The maximum atomic E-state index is 12.7. The van der Waals surface area contributed by atoms with Gasteiger partial charge in [0.15, 0.2) is 0 Å². The summed E-state index contributed by atoms with van der Waals surface area (Å²) in [5.74, 6) is -0.0303. The Morgan fingerprint density at radius 1 is 1.20 bits per heavy atom. The molecule has 3 aromatic rings. The van der Waals surface area contributed by atoms with Crippen LogP contribution in [0.5, 0.6) is 0 Å². The van der Waals surface area contributed by atoms with Crippen LogP contribution in [0.2, 0.25) is 0 Å². The number of amides is 1. The number of aliphatic hydroxyl groups excluding tert-OH is 1. The molecule has 25 heavy (non-hydrogen) atoms. The fourth-order valence-electron chi connectivity index (χ4n) is 3.09. The normalized spacial score (nSPS) is 13.7. The Hall–Kier alpha value is -2.93. The lowest BCUT2D eigenvalue weighted by molar-refractivity contribution is 0.0706. The number of benzene rings is 1. The second-order valence-electron chi connectivity index (χ2n) is 6.15. The van der Waals surface area contributed by atoms with Crippen molar-refractivity contribution in [2.24, 2.45) is 0 Å². The topological polar surface area (TPSA) is 76.2 Å². The second-order valence-corrected chi connectivity index (χ2v) is 6.15. The number of rotatable bonds is 4. The van der Waals surface area contributed by atoms with Gasteiger partial charge in [-0.2, -0.15) is 10.2 Å². The van der Waals surface area contributed by atoms with Crippen molar-refractivity contribution in [1.82, 2.24) is 24.5 Å². The highest BCUT2D eigenvalue weighted by Crippen LogP contribution is 2.16. The SMILES string of the molecule is O=C(c1cnn(Cc2ccccc2)c1)N1CCn2nc(CO)cc2C1.